The van der Waals surface area contributed by atoms with E-state index in [0.717, 1.165) is 47.0 Å². The Balaban J connectivity index is 1.65. The van der Waals surface area contributed by atoms with Gasteiger partial charge in [0.2, 0.25) is 5.95 Å². The van der Waals surface area contributed by atoms with E-state index in [1.807, 2.05) is 36.4 Å². The molecule has 0 radical (unpaired) electrons. The van der Waals surface area contributed by atoms with Crippen LogP contribution in [0.3, 0.4) is 0 Å². The highest BCUT2D eigenvalue weighted by Crippen LogP contribution is 2.26. The molecule has 0 spiro atoms. The molecule has 0 saturated heterocycles. The standard InChI is InChI=1S/C25H29N5O3/c1-30-11-3-4-12-32-18-22-15-19(7-9-26-22)23-8-10-27-25(29-23)28-21-5-6-24(20(16-21)17-30)33-14-13-31-2/h3-10,15-16H,11-14,17-18H2,1-2H3,(H,27,28,29). The summed E-state index contributed by atoms with van der Waals surface area (Å²) in [6, 6.07) is 11.9. The maximum absolute atomic E-state index is 5.96. The first kappa shape index (κ1) is 22.8. The van der Waals surface area contributed by atoms with E-state index in [0.29, 0.717) is 32.4 Å². The molecule has 0 aliphatic carbocycles. The maximum Gasteiger partial charge on any atom is 0.227 e. The van der Waals surface area contributed by atoms with E-state index in [9.17, 15) is 0 Å². The molecule has 1 N–H and O–H groups in total. The SMILES string of the molecule is COCCOc1ccc2cc1CN(C)CC=CCOCc1cc(ccn1)-c1ccnc(n1)N2. The predicted molar refractivity (Wildman–Crippen MR) is 127 cm³/mol. The number of aromatic nitrogens is 3. The summed E-state index contributed by atoms with van der Waals surface area (Å²) in [4.78, 5) is 15.7. The first-order valence-corrected chi connectivity index (χ1v) is 10.9. The summed E-state index contributed by atoms with van der Waals surface area (Å²) in [6.07, 6.45) is 7.68. The number of fused-ring (bicyclic) bond motifs is 7. The third kappa shape index (κ3) is 6.58. The van der Waals surface area contributed by atoms with E-state index in [1.165, 1.54) is 0 Å². The van der Waals surface area contributed by atoms with Crippen LogP contribution < -0.4 is 10.1 Å². The average molecular weight is 448 g/mol. The lowest BCUT2D eigenvalue weighted by Gasteiger charge is -2.19. The van der Waals surface area contributed by atoms with Crippen LogP contribution in [-0.2, 0) is 22.6 Å². The Morgan fingerprint density at radius 3 is 2.88 bits per heavy atom. The van der Waals surface area contributed by atoms with Crippen molar-refractivity contribution >= 4 is 11.6 Å². The summed E-state index contributed by atoms with van der Waals surface area (Å²) in [5.74, 6) is 1.36. The van der Waals surface area contributed by atoms with Gasteiger partial charge in [-0.25, -0.2) is 9.97 Å². The van der Waals surface area contributed by atoms with E-state index < -0.39 is 0 Å². The van der Waals surface area contributed by atoms with Crippen molar-refractivity contribution in [3.63, 3.8) is 0 Å². The molecule has 0 amide bonds. The van der Waals surface area contributed by atoms with Gasteiger partial charge in [-0.15, -0.1) is 0 Å². The Hall–Kier alpha value is -3.33. The molecule has 2 aromatic heterocycles. The monoisotopic (exact) mass is 447 g/mol. The zero-order valence-corrected chi connectivity index (χ0v) is 19.0. The lowest BCUT2D eigenvalue weighted by Crippen LogP contribution is -2.19. The second kappa shape index (κ2) is 11.5. The van der Waals surface area contributed by atoms with E-state index >= 15 is 0 Å². The number of benzene rings is 1. The Morgan fingerprint density at radius 2 is 1.97 bits per heavy atom. The number of nitrogens with zero attached hydrogens (tertiary/aromatic N) is 4. The van der Waals surface area contributed by atoms with Crippen molar-refractivity contribution < 1.29 is 14.2 Å². The molecule has 1 aromatic carbocycles. The van der Waals surface area contributed by atoms with Gasteiger partial charge in [0.15, 0.2) is 0 Å². The third-order valence-corrected chi connectivity index (χ3v) is 5.12. The van der Waals surface area contributed by atoms with Crippen molar-refractivity contribution in [2.75, 3.05) is 45.8 Å². The van der Waals surface area contributed by atoms with Crippen LogP contribution in [0, 0.1) is 0 Å². The van der Waals surface area contributed by atoms with Gasteiger partial charge < -0.3 is 19.5 Å². The molecule has 172 valence electrons. The number of pyridine rings is 1. The largest absolute Gasteiger partial charge is 0.491 e. The molecule has 33 heavy (non-hydrogen) atoms. The first-order chi connectivity index (χ1) is 16.2. The fraction of sp³-hybridized carbons (Fsp3) is 0.320. The summed E-state index contributed by atoms with van der Waals surface area (Å²) >= 11 is 0. The molecular formula is C25H29N5O3. The van der Waals surface area contributed by atoms with Gasteiger partial charge in [-0.05, 0) is 43.4 Å². The molecule has 8 heteroatoms. The molecule has 4 rings (SSSR count). The van der Waals surface area contributed by atoms with Crippen LogP contribution in [0.25, 0.3) is 11.3 Å². The minimum absolute atomic E-state index is 0.441. The molecule has 8 nitrogen and oxygen atoms in total. The highest BCUT2D eigenvalue weighted by Gasteiger charge is 2.11. The number of ether oxygens (including phenoxy) is 3. The number of nitrogens with one attached hydrogen (secondary N) is 1. The van der Waals surface area contributed by atoms with Crippen LogP contribution in [0.5, 0.6) is 5.75 Å². The van der Waals surface area contributed by atoms with E-state index in [4.69, 9.17) is 19.2 Å². The summed E-state index contributed by atoms with van der Waals surface area (Å²) in [6.45, 7) is 3.51. The molecule has 1 aliphatic heterocycles. The Morgan fingerprint density at radius 1 is 1.06 bits per heavy atom. The van der Waals surface area contributed by atoms with Gasteiger partial charge in [0.25, 0.3) is 0 Å². The number of rotatable bonds is 4. The number of methoxy groups -OCH3 is 1. The molecule has 0 unspecified atom stereocenters. The predicted octanol–water partition coefficient (Wildman–Crippen LogP) is 3.83. The first-order valence-electron chi connectivity index (χ1n) is 10.9. The summed E-state index contributed by atoms with van der Waals surface area (Å²) in [7, 11) is 3.74. The van der Waals surface area contributed by atoms with Crippen molar-refractivity contribution in [1.82, 2.24) is 19.9 Å². The second-order valence-corrected chi connectivity index (χ2v) is 7.77. The molecule has 1 aliphatic rings. The van der Waals surface area contributed by atoms with Crippen LogP contribution in [0.15, 0.2) is 60.9 Å². The number of hydrogen-bond donors (Lipinski definition) is 1. The topological polar surface area (TPSA) is 81.6 Å². The van der Waals surface area contributed by atoms with Crippen LogP contribution in [-0.4, -0.2) is 60.4 Å². The number of likely N-dealkylation sites (N-methyl/N-ethyl adjacent to an activating group) is 1. The summed E-state index contributed by atoms with van der Waals surface area (Å²) < 4.78 is 16.9. The van der Waals surface area contributed by atoms with Gasteiger partial charge in [0.05, 0.1) is 31.2 Å². The van der Waals surface area contributed by atoms with Gasteiger partial charge in [-0.3, -0.25) is 9.88 Å². The highest BCUT2D eigenvalue weighted by molar-refractivity contribution is 5.63. The second-order valence-electron chi connectivity index (χ2n) is 7.77. The molecule has 6 bridgehead atoms. The molecule has 0 atom stereocenters. The summed E-state index contributed by atoms with van der Waals surface area (Å²) in [5, 5.41) is 3.33. The molecule has 3 aromatic rings. The lowest BCUT2D eigenvalue weighted by atomic mass is 10.1. The van der Waals surface area contributed by atoms with Crippen molar-refractivity contribution in [2.45, 2.75) is 13.2 Å². The van der Waals surface area contributed by atoms with Crippen LogP contribution in [0.2, 0.25) is 0 Å². The zero-order valence-electron chi connectivity index (χ0n) is 19.0. The Bertz CT molecular complexity index is 1090. The minimum atomic E-state index is 0.441. The van der Waals surface area contributed by atoms with Gasteiger partial charge in [-0.1, -0.05) is 12.2 Å². The Labute approximate surface area is 194 Å². The van der Waals surface area contributed by atoms with Crippen LogP contribution in [0.1, 0.15) is 11.3 Å². The van der Waals surface area contributed by atoms with E-state index in [-0.39, 0.29) is 0 Å². The fourth-order valence-corrected chi connectivity index (χ4v) is 3.49. The van der Waals surface area contributed by atoms with E-state index in [2.05, 4.69) is 39.4 Å². The number of anilines is 2. The zero-order chi connectivity index (χ0) is 22.9. The minimum Gasteiger partial charge on any atom is -0.491 e. The summed E-state index contributed by atoms with van der Waals surface area (Å²) in [5.41, 5.74) is 4.61. The van der Waals surface area contributed by atoms with Crippen LogP contribution in [0.4, 0.5) is 11.6 Å². The molecule has 0 saturated carbocycles. The van der Waals surface area contributed by atoms with Crippen molar-refractivity contribution in [1.29, 1.82) is 0 Å². The van der Waals surface area contributed by atoms with Crippen molar-refractivity contribution in [3.05, 3.63) is 72.2 Å². The average Bonchev–Trinajstić information content (AvgIpc) is 2.82. The van der Waals surface area contributed by atoms with E-state index in [1.54, 1.807) is 19.5 Å². The smallest absolute Gasteiger partial charge is 0.227 e. The van der Waals surface area contributed by atoms with Crippen molar-refractivity contribution in [3.8, 4) is 17.0 Å². The maximum atomic E-state index is 5.96. The highest BCUT2D eigenvalue weighted by atomic mass is 16.5. The van der Waals surface area contributed by atoms with Gasteiger partial charge in [0, 0.05) is 49.4 Å². The lowest BCUT2D eigenvalue weighted by molar-refractivity contribution is 0.145. The third-order valence-electron chi connectivity index (χ3n) is 5.12. The van der Waals surface area contributed by atoms with Gasteiger partial charge in [0.1, 0.15) is 12.4 Å². The molecule has 3 heterocycles. The molecular weight excluding hydrogens is 418 g/mol. The van der Waals surface area contributed by atoms with Gasteiger partial charge >= 0.3 is 0 Å². The van der Waals surface area contributed by atoms with Crippen molar-refractivity contribution in [2.24, 2.45) is 0 Å². The molecule has 0 fully saturated rings. The number of hydrogen-bond acceptors (Lipinski definition) is 8. The fourth-order valence-electron chi connectivity index (χ4n) is 3.49. The van der Waals surface area contributed by atoms with Crippen LogP contribution >= 0.6 is 0 Å². The quantitative estimate of drug-likeness (QED) is 0.477. The normalized spacial score (nSPS) is 14.7. The van der Waals surface area contributed by atoms with Gasteiger partial charge in [-0.2, -0.15) is 0 Å². The Kier molecular flexibility index (Phi) is 7.97.